The molecular weight excluding hydrogens is 207 g/mol. The van der Waals surface area contributed by atoms with E-state index >= 15 is 0 Å². The quantitative estimate of drug-likeness (QED) is 0.523. The molecule has 0 aromatic heterocycles. The summed E-state index contributed by atoms with van der Waals surface area (Å²) in [5.74, 6) is -1.68. The highest BCUT2D eigenvalue weighted by atomic mass is 19.4. The normalized spacial score (nSPS) is 23.1. The van der Waals surface area contributed by atoms with Crippen LogP contribution in [0, 0.1) is 5.92 Å². The van der Waals surface area contributed by atoms with Crippen molar-refractivity contribution in [2.75, 3.05) is 0 Å². The lowest BCUT2D eigenvalue weighted by Crippen LogP contribution is -2.28. The summed E-state index contributed by atoms with van der Waals surface area (Å²) in [7, 11) is 0. The van der Waals surface area contributed by atoms with Crippen LogP contribution in [0.3, 0.4) is 0 Å². The molecule has 1 atom stereocenters. The molecule has 0 amide bonds. The van der Waals surface area contributed by atoms with Crippen molar-refractivity contribution in [1.82, 2.24) is 0 Å². The zero-order valence-electron chi connectivity index (χ0n) is 7.62. The summed E-state index contributed by atoms with van der Waals surface area (Å²) in [6, 6.07) is 6.46. The summed E-state index contributed by atoms with van der Waals surface area (Å²) in [6.07, 6.45) is -4.50. The van der Waals surface area contributed by atoms with Gasteiger partial charge in [-0.15, -0.1) is 0 Å². The first-order chi connectivity index (χ1) is 7.04. The highest BCUT2D eigenvalue weighted by Gasteiger charge is 2.47. The number of rotatable bonds is 0. The number of hydrogen-bond donors (Lipinski definition) is 1. The molecule has 1 aliphatic rings. The minimum absolute atomic E-state index is 0.140. The Morgan fingerprint density at radius 2 is 1.93 bits per heavy atom. The highest BCUT2D eigenvalue weighted by molar-refractivity contribution is 6.06. The summed E-state index contributed by atoms with van der Waals surface area (Å²) < 4.78 is 37.7. The van der Waals surface area contributed by atoms with Crippen LogP contribution in [0.4, 0.5) is 13.2 Å². The molecule has 0 fully saturated rings. The third-order valence-electron chi connectivity index (χ3n) is 2.55. The van der Waals surface area contributed by atoms with Gasteiger partial charge in [0.05, 0.1) is 5.71 Å². The molecule has 80 valence electrons. The number of nitrogens with zero attached hydrogens (tertiary/aromatic N) is 1. The second kappa shape index (κ2) is 3.25. The Labute approximate surface area is 84.0 Å². The molecule has 0 heterocycles. The second-order valence-corrected chi connectivity index (χ2v) is 3.44. The summed E-state index contributed by atoms with van der Waals surface area (Å²) in [4.78, 5) is 0. The molecule has 5 heteroatoms. The average molecular weight is 215 g/mol. The van der Waals surface area contributed by atoms with Crippen LogP contribution in [0.1, 0.15) is 11.1 Å². The van der Waals surface area contributed by atoms with Crippen molar-refractivity contribution in [2.45, 2.75) is 12.6 Å². The predicted octanol–water partition coefficient (Wildman–Crippen LogP) is 2.60. The van der Waals surface area contributed by atoms with Crippen molar-refractivity contribution in [2.24, 2.45) is 11.1 Å². The third-order valence-corrected chi connectivity index (χ3v) is 2.55. The molecule has 0 saturated carbocycles. The molecule has 0 spiro atoms. The monoisotopic (exact) mass is 215 g/mol. The molecule has 0 saturated heterocycles. The SMILES string of the molecule is ON=C1c2ccccc2CC1C(F)(F)F. The fraction of sp³-hybridized carbons (Fsp3) is 0.300. The van der Waals surface area contributed by atoms with Crippen LogP contribution >= 0.6 is 0 Å². The van der Waals surface area contributed by atoms with E-state index in [1.807, 2.05) is 0 Å². The Kier molecular flexibility index (Phi) is 2.17. The van der Waals surface area contributed by atoms with Crippen LogP contribution in [0.5, 0.6) is 0 Å². The molecular formula is C10H8F3NO. The minimum atomic E-state index is -4.36. The number of alkyl halides is 3. The van der Waals surface area contributed by atoms with Crippen molar-refractivity contribution in [1.29, 1.82) is 0 Å². The van der Waals surface area contributed by atoms with Crippen LogP contribution in [-0.4, -0.2) is 17.1 Å². The second-order valence-electron chi connectivity index (χ2n) is 3.44. The molecule has 0 aliphatic heterocycles. The van der Waals surface area contributed by atoms with Crippen LogP contribution in [0.2, 0.25) is 0 Å². The largest absolute Gasteiger partial charge is 0.411 e. The molecule has 2 nitrogen and oxygen atoms in total. The Morgan fingerprint density at radius 3 is 2.53 bits per heavy atom. The Balaban J connectivity index is 2.47. The predicted molar refractivity (Wildman–Crippen MR) is 48.0 cm³/mol. The van der Waals surface area contributed by atoms with Gasteiger partial charge in [0.15, 0.2) is 0 Å². The molecule has 0 bridgehead atoms. The Morgan fingerprint density at radius 1 is 1.27 bits per heavy atom. The fourth-order valence-corrected chi connectivity index (χ4v) is 1.85. The summed E-state index contributed by atoms with van der Waals surface area (Å²) in [6.45, 7) is 0. The number of benzene rings is 1. The van der Waals surface area contributed by atoms with Gasteiger partial charge in [0.2, 0.25) is 0 Å². The van der Waals surface area contributed by atoms with E-state index in [-0.39, 0.29) is 12.1 Å². The summed E-state index contributed by atoms with van der Waals surface area (Å²) in [5, 5.41) is 11.4. The smallest absolute Gasteiger partial charge is 0.397 e. The van der Waals surface area contributed by atoms with Gasteiger partial charge in [-0.05, 0) is 12.0 Å². The van der Waals surface area contributed by atoms with E-state index in [0.717, 1.165) is 0 Å². The van der Waals surface area contributed by atoms with Gasteiger partial charge in [-0.1, -0.05) is 29.4 Å². The van der Waals surface area contributed by atoms with Crippen LogP contribution in [0.25, 0.3) is 0 Å². The minimum Gasteiger partial charge on any atom is -0.411 e. The van der Waals surface area contributed by atoms with Gasteiger partial charge in [-0.25, -0.2) is 0 Å². The zero-order chi connectivity index (χ0) is 11.1. The van der Waals surface area contributed by atoms with Gasteiger partial charge in [-0.2, -0.15) is 13.2 Å². The van der Waals surface area contributed by atoms with Crippen molar-refractivity contribution in [3.8, 4) is 0 Å². The van der Waals surface area contributed by atoms with Gasteiger partial charge in [0, 0.05) is 5.56 Å². The Bertz CT molecular complexity index is 411. The lowest BCUT2D eigenvalue weighted by molar-refractivity contribution is -0.154. The van der Waals surface area contributed by atoms with Crippen molar-refractivity contribution in [3.05, 3.63) is 35.4 Å². The third kappa shape index (κ3) is 1.58. The zero-order valence-corrected chi connectivity index (χ0v) is 7.62. The first-order valence-corrected chi connectivity index (χ1v) is 4.41. The molecule has 0 radical (unpaired) electrons. The topological polar surface area (TPSA) is 32.6 Å². The van der Waals surface area contributed by atoms with E-state index in [1.165, 1.54) is 6.07 Å². The van der Waals surface area contributed by atoms with E-state index in [1.54, 1.807) is 18.2 Å². The Hall–Kier alpha value is -1.52. The maximum absolute atomic E-state index is 12.6. The maximum Gasteiger partial charge on any atom is 0.397 e. The number of fused-ring (bicyclic) bond motifs is 1. The van der Waals surface area contributed by atoms with Gasteiger partial charge in [0.1, 0.15) is 5.92 Å². The summed E-state index contributed by atoms with van der Waals surface area (Å²) in [5.41, 5.74) is 0.688. The van der Waals surface area contributed by atoms with E-state index in [4.69, 9.17) is 5.21 Å². The lowest BCUT2D eigenvalue weighted by Gasteiger charge is -2.13. The maximum atomic E-state index is 12.6. The molecule has 2 rings (SSSR count). The van der Waals surface area contributed by atoms with E-state index in [0.29, 0.717) is 11.1 Å². The van der Waals surface area contributed by atoms with Crippen molar-refractivity contribution >= 4 is 5.71 Å². The van der Waals surface area contributed by atoms with Gasteiger partial charge >= 0.3 is 6.18 Å². The van der Waals surface area contributed by atoms with Crippen molar-refractivity contribution in [3.63, 3.8) is 0 Å². The molecule has 1 aromatic carbocycles. The van der Waals surface area contributed by atoms with E-state index < -0.39 is 12.1 Å². The molecule has 1 N–H and O–H groups in total. The first kappa shape index (κ1) is 10.0. The highest BCUT2D eigenvalue weighted by Crippen LogP contribution is 2.38. The number of hydrogen-bond acceptors (Lipinski definition) is 2. The molecule has 15 heavy (non-hydrogen) atoms. The van der Waals surface area contributed by atoms with Gasteiger partial charge < -0.3 is 5.21 Å². The average Bonchev–Trinajstić information content (AvgIpc) is 2.55. The number of halogens is 3. The van der Waals surface area contributed by atoms with Gasteiger partial charge in [-0.3, -0.25) is 0 Å². The standard InChI is InChI=1S/C10H8F3NO/c11-10(12,13)8-5-6-3-1-2-4-7(6)9(8)14-15/h1-4,8,15H,5H2. The molecule has 1 aromatic rings. The fourth-order valence-electron chi connectivity index (χ4n) is 1.85. The van der Waals surface area contributed by atoms with Crippen LogP contribution in [-0.2, 0) is 6.42 Å². The van der Waals surface area contributed by atoms with Gasteiger partial charge in [0.25, 0.3) is 0 Å². The van der Waals surface area contributed by atoms with Crippen LogP contribution in [0.15, 0.2) is 29.4 Å². The van der Waals surface area contributed by atoms with Crippen LogP contribution < -0.4 is 0 Å². The first-order valence-electron chi connectivity index (χ1n) is 4.41. The molecule has 1 aliphatic carbocycles. The summed E-state index contributed by atoms with van der Waals surface area (Å²) >= 11 is 0. The molecule has 1 unspecified atom stereocenters. The van der Waals surface area contributed by atoms with E-state index in [9.17, 15) is 13.2 Å². The van der Waals surface area contributed by atoms with Crippen molar-refractivity contribution < 1.29 is 18.4 Å². The number of oxime groups is 1. The van der Waals surface area contributed by atoms with E-state index in [2.05, 4.69) is 5.16 Å². The lowest BCUT2D eigenvalue weighted by atomic mass is 10.0.